The Morgan fingerprint density at radius 2 is 1.93 bits per heavy atom. The molecular weight excluding hydrogens is 172 g/mol. The molecule has 0 aliphatic carbocycles. The van der Waals surface area contributed by atoms with E-state index in [4.69, 9.17) is 5.73 Å². The van der Waals surface area contributed by atoms with Gasteiger partial charge in [0.2, 0.25) is 0 Å². The standard InChI is InChI=1S/C12H20N2/c1-9-7-10(13)5-6-11(9)14-8-12(2,3)4/h5-7,14H,8,13H2,1-4H3. The molecule has 0 heterocycles. The molecule has 2 heteroatoms. The van der Waals surface area contributed by atoms with Gasteiger partial charge in [-0.3, -0.25) is 0 Å². The summed E-state index contributed by atoms with van der Waals surface area (Å²) in [6.45, 7) is 9.69. The highest BCUT2D eigenvalue weighted by Gasteiger charge is 2.09. The molecule has 0 atom stereocenters. The Kier molecular flexibility index (Phi) is 3.04. The van der Waals surface area contributed by atoms with E-state index in [-0.39, 0.29) is 0 Å². The molecule has 0 saturated carbocycles. The molecule has 0 aliphatic heterocycles. The normalized spacial score (nSPS) is 11.4. The first-order valence-electron chi connectivity index (χ1n) is 4.98. The Morgan fingerprint density at radius 1 is 1.29 bits per heavy atom. The van der Waals surface area contributed by atoms with Crippen molar-refractivity contribution in [1.82, 2.24) is 0 Å². The lowest BCUT2D eigenvalue weighted by Crippen LogP contribution is -2.19. The maximum atomic E-state index is 5.68. The van der Waals surface area contributed by atoms with Crippen molar-refractivity contribution in [1.29, 1.82) is 0 Å². The van der Waals surface area contributed by atoms with Crippen LogP contribution in [0.4, 0.5) is 11.4 Å². The van der Waals surface area contributed by atoms with Gasteiger partial charge in [0.1, 0.15) is 0 Å². The van der Waals surface area contributed by atoms with Gasteiger partial charge in [-0.2, -0.15) is 0 Å². The van der Waals surface area contributed by atoms with E-state index >= 15 is 0 Å². The highest BCUT2D eigenvalue weighted by atomic mass is 14.9. The highest BCUT2D eigenvalue weighted by molar-refractivity contribution is 5.57. The van der Waals surface area contributed by atoms with Crippen molar-refractivity contribution in [2.24, 2.45) is 5.41 Å². The topological polar surface area (TPSA) is 38.0 Å². The number of rotatable bonds is 2. The zero-order valence-corrected chi connectivity index (χ0v) is 9.52. The quantitative estimate of drug-likeness (QED) is 0.707. The Bertz CT molecular complexity index is 311. The highest BCUT2D eigenvalue weighted by Crippen LogP contribution is 2.20. The zero-order valence-electron chi connectivity index (χ0n) is 9.52. The van der Waals surface area contributed by atoms with E-state index in [1.54, 1.807) is 0 Å². The third-order valence-corrected chi connectivity index (χ3v) is 2.06. The molecule has 2 nitrogen and oxygen atoms in total. The maximum absolute atomic E-state index is 5.68. The minimum atomic E-state index is 0.299. The predicted octanol–water partition coefficient (Wildman–Crippen LogP) is 3.04. The Morgan fingerprint density at radius 3 is 2.43 bits per heavy atom. The average Bonchev–Trinajstić information content (AvgIpc) is 2.00. The van der Waals surface area contributed by atoms with Gasteiger partial charge in [0.05, 0.1) is 0 Å². The lowest BCUT2D eigenvalue weighted by Gasteiger charge is -2.20. The molecule has 0 saturated heterocycles. The molecular formula is C12H20N2. The van der Waals surface area contributed by atoms with Crippen molar-refractivity contribution in [3.05, 3.63) is 23.8 Å². The zero-order chi connectivity index (χ0) is 10.8. The SMILES string of the molecule is Cc1cc(N)ccc1NCC(C)(C)C. The van der Waals surface area contributed by atoms with Crippen LogP contribution < -0.4 is 11.1 Å². The Hall–Kier alpha value is -1.18. The van der Waals surface area contributed by atoms with E-state index in [0.29, 0.717) is 5.41 Å². The number of hydrogen-bond donors (Lipinski definition) is 2. The first-order chi connectivity index (χ1) is 6.38. The minimum Gasteiger partial charge on any atom is -0.399 e. The van der Waals surface area contributed by atoms with Crippen LogP contribution in [0.15, 0.2) is 18.2 Å². The summed E-state index contributed by atoms with van der Waals surface area (Å²) >= 11 is 0. The van der Waals surface area contributed by atoms with E-state index in [9.17, 15) is 0 Å². The van der Waals surface area contributed by atoms with Gasteiger partial charge >= 0.3 is 0 Å². The van der Waals surface area contributed by atoms with Gasteiger partial charge in [-0.15, -0.1) is 0 Å². The third kappa shape index (κ3) is 3.29. The van der Waals surface area contributed by atoms with Crippen LogP contribution in [-0.2, 0) is 0 Å². The largest absolute Gasteiger partial charge is 0.399 e. The first-order valence-corrected chi connectivity index (χ1v) is 4.98. The van der Waals surface area contributed by atoms with Gasteiger partial charge in [0, 0.05) is 17.9 Å². The van der Waals surface area contributed by atoms with Gasteiger partial charge in [-0.05, 0) is 36.1 Å². The monoisotopic (exact) mass is 192 g/mol. The summed E-state index contributed by atoms with van der Waals surface area (Å²) in [4.78, 5) is 0. The Balaban J connectivity index is 2.68. The van der Waals surface area contributed by atoms with E-state index in [1.165, 1.54) is 11.3 Å². The number of benzene rings is 1. The van der Waals surface area contributed by atoms with Crippen molar-refractivity contribution >= 4 is 11.4 Å². The summed E-state index contributed by atoms with van der Waals surface area (Å²) in [6, 6.07) is 5.96. The molecule has 0 radical (unpaired) electrons. The summed E-state index contributed by atoms with van der Waals surface area (Å²) in [6.07, 6.45) is 0. The predicted molar refractivity (Wildman–Crippen MR) is 63.5 cm³/mol. The van der Waals surface area contributed by atoms with Crippen LogP contribution in [0.5, 0.6) is 0 Å². The smallest absolute Gasteiger partial charge is 0.0371 e. The fourth-order valence-corrected chi connectivity index (χ4v) is 1.25. The molecule has 0 bridgehead atoms. The fourth-order valence-electron chi connectivity index (χ4n) is 1.25. The van der Waals surface area contributed by atoms with Gasteiger partial charge in [-0.1, -0.05) is 20.8 Å². The molecule has 0 aromatic heterocycles. The molecule has 0 amide bonds. The molecule has 1 aromatic carbocycles. The van der Waals surface area contributed by atoms with Gasteiger partial charge < -0.3 is 11.1 Å². The first kappa shape index (κ1) is 10.9. The molecule has 3 N–H and O–H groups in total. The fraction of sp³-hybridized carbons (Fsp3) is 0.500. The average molecular weight is 192 g/mol. The Labute approximate surface area is 86.5 Å². The lowest BCUT2D eigenvalue weighted by atomic mass is 9.96. The third-order valence-electron chi connectivity index (χ3n) is 2.06. The number of nitrogen functional groups attached to an aromatic ring is 1. The second-order valence-corrected chi connectivity index (χ2v) is 4.99. The summed E-state index contributed by atoms with van der Waals surface area (Å²) in [5.41, 5.74) is 9.18. The van der Waals surface area contributed by atoms with Crippen LogP contribution in [0.2, 0.25) is 0 Å². The molecule has 0 fully saturated rings. The van der Waals surface area contributed by atoms with E-state index in [1.807, 2.05) is 18.2 Å². The van der Waals surface area contributed by atoms with Gasteiger partial charge in [0.25, 0.3) is 0 Å². The van der Waals surface area contributed by atoms with Crippen LogP contribution in [0.25, 0.3) is 0 Å². The molecule has 1 aromatic rings. The molecule has 1 rings (SSSR count). The van der Waals surface area contributed by atoms with Crippen LogP contribution in [0.1, 0.15) is 26.3 Å². The van der Waals surface area contributed by atoms with Crippen molar-refractivity contribution in [2.45, 2.75) is 27.7 Å². The lowest BCUT2D eigenvalue weighted by molar-refractivity contribution is 0.443. The van der Waals surface area contributed by atoms with E-state index in [2.05, 4.69) is 33.0 Å². The molecule has 78 valence electrons. The van der Waals surface area contributed by atoms with Crippen LogP contribution in [0, 0.1) is 12.3 Å². The van der Waals surface area contributed by atoms with E-state index < -0.39 is 0 Å². The van der Waals surface area contributed by atoms with Crippen molar-refractivity contribution in [3.8, 4) is 0 Å². The summed E-state index contributed by atoms with van der Waals surface area (Å²) < 4.78 is 0. The summed E-state index contributed by atoms with van der Waals surface area (Å²) in [5.74, 6) is 0. The number of nitrogens with one attached hydrogen (secondary N) is 1. The maximum Gasteiger partial charge on any atom is 0.0371 e. The number of hydrogen-bond acceptors (Lipinski definition) is 2. The second kappa shape index (κ2) is 3.91. The van der Waals surface area contributed by atoms with Gasteiger partial charge in [-0.25, -0.2) is 0 Å². The van der Waals surface area contributed by atoms with Crippen molar-refractivity contribution < 1.29 is 0 Å². The molecule has 14 heavy (non-hydrogen) atoms. The summed E-state index contributed by atoms with van der Waals surface area (Å²) in [5, 5.41) is 3.42. The van der Waals surface area contributed by atoms with Crippen LogP contribution in [0.3, 0.4) is 0 Å². The number of aryl methyl sites for hydroxylation is 1. The second-order valence-electron chi connectivity index (χ2n) is 4.99. The number of anilines is 2. The molecule has 0 unspecified atom stereocenters. The van der Waals surface area contributed by atoms with Gasteiger partial charge in [0.15, 0.2) is 0 Å². The summed E-state index contributed by atoms with van der Waals surface area (Å²) in [7, 11) is 0. The van der Waals surface area contributed by atoms with Crippen molar-refractivity contribution in [3.63, 3.8) is 0 Å². The van der Waals surface area contributed by atoms with Crippen LogP contribution in [-0.4, -0.2) is 6.54 Å². The van der Waals surface area contributed by atoms with Crippen LogP contribution >= 0.6 is 0 Å². The molecule has 0 spiro atoms. The molecule has 0 aliphatic rings. The van der Waals surface area contributed by atoms with Crippen molar-refractivity contribution in [2.75, 3.05) is 17.6 Å². The number of nitrogens with two attached hydrogens (primary N) is 1. The minimum absolute atomic E-state index is 0.299. The van der Waals surface area contributed by atoms with E-state index in [0.717, 1.165) is 12.2 Å².